The molecular formula is C47H86O14P2. The number of rotatable bonds is 44. The molecule has 0 saturated carbocycles. The molecule has 368 valence electrons. The highest BCUT2D eigenvalue weighted by Crippen LogP contribution is 2.43. The first-order valence-electron chi connectivity index (χ1n) is 23.8. The number of ether oxygens (including phenoxy) is 2. The molecule has 0 aliphatic rings. The Morgan fingerprint density at radius 3 is 1.56 bits per heavy atom. The summed E-state index contributed by atoms with van der Waals surface area (Å²) in [5.74, 6) is -0.259. The summed E-state index contributed by atoms with van der Waals surface area (Å²) in [7, 11) is -9.70. The smallest absolute Gasteiger partial charge is 0.462 e. The monoisotopic (exact) mass is 937 g/mol. The number of allylic oxidation sites excluding steroid dienone is 7. The molecule has 0 aliphatic heterocycles. The average Bonchev–Trinajstić information content (AvgIpc) is 3.24. The van der Waals surface area contributed by atoms with Gasteiger partial charge in [0, 0.05) is 12.8 Å². The summed E-state index contributed by atoms with van der Waals surface area (Å²) in [5, 5.41) is 19.5. The average molecular weight is 937 g/mol. The summed E-state index contributed by atoms with van der Waals surface area (Å²) in [6.45, 7) is 3.87. The Balaban J connectivity index is 4.56. The van der Waals surface area contributed by atoms with E-state index in [4.69, 9.17) is 23.8 Å². The SMILES string of the molecule is CCCC(O)C/C=C\C/C=C\C/C=C\C/C=C\CCCC(=O)OC[C@H](COP(=O)(O)OC[C@@H](O)COP(=O)(O)O)OC(=O)CCCCCCCCCCCCCCCCC(C)CC. The number of unbranched alkanes of at least 4 members (excludes halogenated alkanes) is 14. The number of phosphoric ester groups is 2. The van der Waals surface area contributed by atoms with E-state index >= 15 is 0 Å². The number of hydrogen-bond donors (Lipinski definition) is 5. The van der Waals surface area contributed by atoms with Crippen LogP contribution in [-0.4, -0.2) is 81.6 Å². The lowest BCUT2D eigenvalue weighted by Crippen LogP contribution is -2.30. The summed E-state index contributed by atoms with van der Waals surface area (Å²) in [4.78, 5) is 52.8. The number of carbonyl (C=O) groups excluding carboxylic acids is 2. The Labute approximate surface area is 380 Å². The van der Waals surface area contributed by atoms with Gasteiger partial charge in [0.05, 0.1) is 25.9 Å². The zero-order chi connectivity index (χ0) is 46.9. The van der Waals surface area contributed by atoms with Crippen LogP contribution in [0, 0.1) is 5.92 Å². The Bertz CT molecular complexity index is 1330. The molecule has 0 rings (SSSR count). The van der Waals surface area contributed by atoms with Crippen LogP contribution in [0.2, 0.25) is 0 Å². The molecule has 0 aromatic carbocycles. The largest absolute Gasteiger partial charge is 0.472 e. The van der Waals surface area contributed by atoms with Crippen molar-refractivity contribution < 1.29 is 66.7 Å². The van der Waals surface area contributed by atoms with Crippen molar-refractivity contribution in [3.63, 3.8) is 0 Å². The topological polar surface area (TPSA) is 216 Å². The molecule has 0 saturated heterocycles. The van der Waals surface area contributed by atoms with Crippen LogP contribution in [0.5, 0.6) is 0 Å². The van der Waals surface area contributed by atoms with Gasteiger partial charge >= 0.3 is 27.6 Å². The van der Waals surface area contributed by atoms with Crippen molar-refractivity contribution in [1.82, 2.24) is 0 Å². The lowest BCUT2D eigenvalue weighted by atomic mass is 9.99. The fourth-order valence-electron chi connectivity index (χ4n) is 6.33. The lowest BCUT2D eigenvalue weighted by Gasteiger charge is -2.20. The summed E-state index contributed by atoms with van der Waals surface area (Å²) in [6.07, 6.45) is 38.8. The predicted octanol–water partition coefficient (Wildman–Crippen LogP) is 11.4. The summed E-state index contributed by atoms with van der Waals surface area (Å²) in [5.41, 5.74) is 0. The van der Waals surface area contributed by atoms with Crippen molar-refractivity contribution in [3.05, 3.63) is 48.6 Å². The van der Waals surface area contributed by atoms with E-state index in [0.29, 0.717) is 25.7 Å². The van der Waals surface area contributed by atoms with Gasteiger partial charge < -0.3 is 34.4 Å². The molecule has 0 amide bonds. The molecule has 3 unspecified atom stereocenters. The van der Waals surface area contributed by atoms with Crippen LogP contribution >= 0.6 is 15.6 Å². The molecule has 0 radical (unpaired) electrons. The van der Waals surface area contributed by atoms with Gasteiger partial charge in [-0.25, -0.2) is 9.13 Å². The molecular weight excluding hydrogens is 850 g/mol. The highest BCUT2D eigenvalue weighted by molar-refractivity contribution is 7.47. The van der Waals surface area contributed by atoms with E-state index in [1.807, 2.05) is 18.2 Å². The minimum atomic E-state index is -4.87. The Morgan fingerprint density at radius 1 is 0.540 bits per heavy atom. The second kappa shape index (κ2) is 41.5. The van der Waals surface area contributed by atoms with Crippen molar-refractivity contribution in [2.45, 2.75) is 206 Å². The van der Waals surface area contributed by atoms with Crippen molar-refractivity contribution >= 4 is 27.6 Å². The van der Waals surface area contributed by atoms with Crippen LogP contribution in [-0.2, 0) is 41.8 Å². The molecule has 0 aromatic rings. The molecule has 0 fully saturated rings. The number of aliphatic hydroxyl groups excluding tert-OH is 2. The molecule has 63 heavy (non-hydrogen) atoms. The first kappa shape index (κ1) is 61.0. The van der Waals surface area contributed by atoms with Gasteiger partial charge in [0.2, 0.25) is 0 Å². The third-order valence-electron chi connectivity index (χ3n) is 10.3. The van der Waals surface area contributed by atoms with E-state index in [1.165, 1.54) is 77.0 Å². The quantitative estimate of drug-likeness (QED) is 0.0166. The molecule has 0 spiro atoms. The summed E-state index contributed by atoms with van der Waals surface area (Å²) >= 11 is 0. The van der Waals surface area contributed by atoms with Gasteiger partial charge in [0.25, 0.3) is 0 Å². The number of hydrogen-bond acceptors (Lipinski definition) is 11. The molecule has 0 bridgehead atoms. The van der Waals surface area contributed by atoms with Crippen LogP contribution in [0.25, 0.3) is 0 Å². The summed E-state index contributed by atoms with van der Waals surface area (Å²) < 4.78 is 47.8. The van der Waals surface area contributed by atoms with E-state index in [1.54, 1.807) is 0 Å². The third-order valence-corrected chi connectivity index (χ3v) is 11.7. The summed E-state index contributed by atoms with van der Waals surface area (Å²) in [6, 6.07) is 0. The number of carbonyl (C=O) groups is 2. The van der Waals surface area contributed by atoms with E-state index in [2.05, 4.69) is 60.2 Å². The van der Waals surface area contributed by atoms with Gasteiger partial charge in [-0.2, -0.15) is 0 Å². The van der Waals surface area contributed by atoms with Crippen molar-refractivity contribution in [2.24, 2.45) is 5.92 Å². The zero-order valence-electron chi connectivity index (χ0n) is 38.9. The Morgan fingerprint density at radius 2 is 1.02 bits per heavy atom. The molecule has 5 N–H and O–H groups in total. The van der Waals surface area contributed by atoms with Crippen LogP contribution in [0.1, 0.15) is 188 Å². The van der Waals surface area contributed by atoms with Crippen LogP contribution in [0.15, 0.2) is 48.6 Å². The highest BCUT2D eigenvalue weighted by atomic mass is 31.2. The molecule has 0 aromatic heterocycles. The van der Waals surface area contributed by atoms with E-state index in [-0.39, 0.29) is 18.9 Å². The van der Waals surface area contributed by atoms with Crippen LogP contribution < -0.4 is 0 Å². The lowest BCUT2D eigenvalue weighted by molar-refractivity contribution is -0.161. The van der Waals surface area contributed by atoms with E-state index < -0.39 is 66.2 Å². The van der Waals surface area contributed by atoms with Gasteiger partial charge in [-0.15, -0.1) is 0 Å². The maximum atomic E-state index is 12.7. The van der Waals surface area contributed by atoms with Crippen molar-refractivity contribution in [1.29, 1.82) is 0 Å². The first-order valence-corrected chi connectivity index (χ1v) is 26.8. The van der Waals surface area contributed by atoms with Crippen molar-refractivity contribution in [3.8, 4) is 0 Å². The van der Waals surface area contributed by atoms with Gasteiger partial charge in [-0.1, -0.05) is 172 Å². The normalized spacial score (nSPS) is 15.4. The minimum Gasteiger partial charge on any atom is -0.462 e. The van der Waals surface area contributed by atoms with E-state index in [0.717, 1.165) is 57.3 Å². The third kappa shape index (κ3) is 45.0. The van der Waals surface area contributed by atoms with Crippen molar-refractivity contribution in [2.75, 3.05) is 26.4 Å². The maximum Gasteiger partial charge on any atom is 0.472 e. The Kier molecular flexibility index (Phi) is 40.2. The van der Waals surface area contributed by atoms with E-state index in [9.17, 15) is 33.8 Å². The molecule has 16 heteroatoms. The predicted molar refractivity (Wildman–Crippen MR) is 250 cm³/mol. The molecule has 5 atom stereocenters. The first-order chi connectivity index (χ1) is 30.2. The van der Waals surface area contributed by atoms with Gasteiger partial charge in [0.15, 0.2) is 6.10 Å². The highest BCUT2D eigenvalue weighted by Gasteiger charge is 2.28. The van der Waals surface area contributed by atoms with Crippen LogP contribution in [0.3, 0.4) is 0 Å². The standard InChI is InChI=1S/C47H86O14P2/c1-4-33-43(48)35-30-26-22-18-14-10-8-12-15-19-23-27-31-36-46(50)57-40-45(41-60-63(55,56)59-39-44(49)38-58-62(52,53)54)61-47(51)37-32-28-24-20-16-11-7-6-9-13-17-21-25-29-34-42(3)5-2/h8,12,14,18-19,23,26,30,42-45,48-49H,4-7,9-11,13,15-17,20-22,24-25,27-29,31-41H2,1-3H3,(H,55,56)(H2,52,53,54)/b12-8-,18-14-,23-19-,30-26-/t42?,43?,44-,45+/m0/s1. The second-order valence-electron chi connectivity index (χ2n) is 16.5. The fourth-order valence-corrected chi connectivity index (χ4v) is 7.49. The fraction of sp³-hybridized carbons (Fsp3) is 0.787. The molecule has 14 nitrogen and oxygen atoms in total. The molecule has 0 aliphatic carbocycles. The second-order valence-corrected chi connectivity index (χ2v) is 19.2. The zero-order valence-corrected chi connectivity index (χ0v) is 40.7. The van der Waals surface area contributed by atoms with Gasteiger partial charge in [-0.05, 0) is 57.3 Å². The maximum absolute atomic E-state index is 12.7. The molecule has 0 heterocycles. The van der Waals surface area contributed by atoms with Gasteiger partial charge in [-0.3, -0.25) is 23.2 Å². The number of phosphoric acid groups is 2. The number of esters is 2. The van der Waals surface area contributed by atoms with Crippen LogP contribution in [0.4, 0.5) is 0 Å². The number of aliphatic hydroxyl groups is 2. The minimum absolute atomic E-state index is 0.105. The Hall–Kier alpha value is -1.96. The van der Waals surface area contributed by atoms with Gasteiger partial charge in [0.1, 0.15) is 12.7 Å².